The second-order valence-electron chi connectivity index (χ2n) is 6.21. The standard InChI is InChI=1S/C17H23N5O2/c1-2-14-7-15(24-21-14)11-22-6-5-12(10-22)8-20-17(23)13-3-4-16(18)19-9-13/h3-4,7,9,12H,2,5-6,8,10-11H2,1H3,(H2,18,19)(H,20,23)/t12-/m1/s1. The van der Waals surface area contributed by atoms with Gasteiger partial charge in [0.2, 0.25) is 0 Å². The second-order valence-corrected chi connectivity index (χ2v) is 6.21. The highest BCUT2D eigenvalue weighted by Gasteiger charge is 2.24. The number of carbonyl (C=O) groups excluding carboxylic acids is 1. The van der Waals surface area contributed by atoms with E-state index in [9.17, 15) is 4.79 Å². The molecule has 1 amide bonds. The minimum absolute atomic E-state index is 0.108. The van der Waals surface area contributed by atoms with E-state index in [4.69, 9.17) is 10.3 Å². The summed E-state index contributed by atoms with van der Waals surface area (Å²) in [6, 6.07) is 5.34. The Balaban J connectivity index is 1.44. The number of hydrogen-bond acceptors (Lipinski definition) is 6. The number of nitrogens with two attached hydrogens (primary N) is 1. The number of rotatable bonds is 6. The molecule has 0 spiro atoms. The van der Waals surface area contributed by atoms with Crippen LogP contribution in [-0.2, 0) is 13.0 Å². The van der Waals surface area contributed by atoms with Crippen LogP contribution in [0.3, 0.4) is 0 Å². The number of aromatic nitrogens is 2. The van der Waals surface area contributed by atoms with Crippen LogP contribution in [0.2, 0.25) is 0 Å². The number of likely N-dealkylation sites (tertiary alicyclic amines) is 1. The molecule has 1 fully saturated rings. The van der Waals surface area contributed by atoms with E-state index in [1.165, 1.54) is 6.20 Å². The van der Waals surface area contributed by atoms with E-state index in [-0.39, 0.29) is 5.91 Å². The van der Waals surface area contributed by atoms with Crippen LogP contribution in [0.1, 0.15) is 35.2 Å². The molecule has 2 aromatic heterocycles. The fourth-order valence-electron chi connectivity index (χ4n) is 2.92. The Morgan fingerprint density at radius 3 is 3.08 bits per heavy atom. The minimum atomic E-state index is -0.108. The third-order valence-corrected chi connectivity index (χ3v) is 4.32. The van der Waals surface area contributed by atoms with Gasteiger partial charge in [-0.25, -0.2) is 4.98 Å². The second kappa shape index (κ2) is 7.44. The van der Waals surface area contributed by atoms with Crippen molar-refractivity contribution in [3.63, 3.8) is 0 Å². The summed E-state index contributed by atoms with van der Waals surface area (Å²) >= 11 is 0. The van der Waals surface area contributed by atoms with E-state index in [2.05, 4.69) is 27.3 Å². The van der Waals surface area contributed by atoms with Crippen LogP contribution in [0.15, 0.2) is 28.9 Å². The zero-order chi connectivity index (χ0) is 16.9. The predicted octanol–water partition coefficient (Wildman–Crippen LogP) is 1.47. The first kappa shape index (κ1) is 16.4. The first-order valence-corrected chi connectivity index (χ1v) is 8.30. The topological polar surface area (TPSA) is 97.3 Å². The number of pyridine rings is 1. The molecule has 2 aromatic rings. The summed E-state index contributed by atoms with van der Waals surface area (Å²) in [6.45, 7) is 5.46. The number of nitrogen functional groups attached to an aromatic ring is 1. The van der Waals surface area contributed by atoms with Gasteiger partial charge < -0.3 is 15.6 Å². The van der Waals surface area contributed by atoms with E-state index < -0.39 is 0 Å². The van der Waals surface area contributed by atoms with Crippen LogP contribution in [-0.4, -0.2) is 40.6 Å². The third-order valence-electron chi connectivity index (χ3n) is 4.32. The Kier molecular flexibility index (Phi) is 5.10. The minimum Gasteiger partial charge on any atom is -0.384 e. The van der Waals surface area contributed by atoms with Crippen LogP contribution >= 0.6 is 0 Å². The molecule has 3 N–H and O–H groups in total. The van der Waals surface area contributed by atoms with Gasteiger partial charge in [0.05, 0.1) is 17.8 Å². The molecule has 0 aliphatic carbocycles. The molecule has 7 heteroatoms. The van der Waals surface area contributed by atoms with Crippen molar-refractivity contribution in [3.8, 4) is 0 Å². The zero-order valence-electron chi connectivity index (χ0n) is 13.9. The summed E-state index contributed by atoms with van der Waals surface area (Å²) in [4.78, 5) is 18.4. The van der Waals surface area contributed by atoms with E-state index in [1.807, 2.05) is 6.07 Å². The molecule has 128 valence electrons. The first-order valence-electron chi connectivity index (χ1n) is 8.30. The predicted molar refractivity (Wildman–Crippen MR) is 90.2 cm³/mol. The van der Waals surface area contributed by atoms with Gasteiger partial charge in [-0.3, -0.25) is 9.69 Å². The van der Waals surface area contributed by atoms with Crippen LogP contribution in [0.4, 0.5) is 5.82 Å². The third kappa shape index (κ3) is 4.11. The first-order chi connectivity index (χ1) is 11.6. The molecular weight excluding hydrogens is 306 g/mol. The molecule has 24 heavy (non-hydrogen) atoms. The van der Waals surface area contributed by atoms with Gasteiger partial charge in [0.25, 0.3) is 5.91 Å². The van der Waals surface area contributed by atoms with Gasteiger partial charge in [0.1, 0.15) is 5.82 Å². The van der Waals surface area contributed by atoms with Crippen molar-refractivity contribution in [2.75, 3.05) is 25.4 Å². The zero-order valence-corrected chi connectivity index (χ0v) is 13.9. The van der Waals surface area contributed by atoms with Crippen molar-refractivity contribution in [1.82, 2.24) is 20.4 Å². The van der Waals surface area contributed by atoms with Gasteiger partial charge in [-0.2, -0.15) is 0 Å². The lowest BCUT2D eigenvalue weighted by atomic mass is 10.1. The van der Waals surface area contributed by atoms with E-state index in [1.54, 1.807) is 12.1 Å². The molecule has 0 unspecified atom stereocenters. The summed E-state index contributed by atoms with van der Waals surface area (Å²) in [5, 5.41) is 7.00. The molecule has 1 atom stereocenters. The maximum Gasteiger partial charge on any atom is 0.252 e. The lowest BCUT2D eigenvalue weighted by Crippen LogP contribution is -2.31. The number of hydrogen-bond donors (Lipinski definition) is 2. The highest BCUT2D eigenvalue weighted by molar-refractivity contribution is 5.93. The van der Waals surface area contributed by atoms with Crippen molar-refractivity contribution < 1.29 is 9.32 Å². The van der Waals surface area contributed by atoms with Crippen molar-refractivity contribution in [2.24, 2.45) is 5.92 Å². The van der Waals surface area contributed by atoms with Crippen molar-refractivity contribution in [2.45, 2.75) is 26.3 Å². The van der Waals surface area contributed by atoms with E-state index in [0.717, 1.165) is 43.9 Å². The molecule has 3 heterocycles. The van der Waals surface area contributed by atoms with Gasteiger partial charge in [-0.15, -0.1) is 0 Å². The molecule has 0 saturated carbocycles. The average Bonchev–Trinajstić information content (AvgIpc) is 3.23. The van der Waals surface area contributed by atoms with Crippen LogP contribution in [0.5, 0.6) is 0 Å². The molecule has 1 saturated heterocycles. The van der Waals surface area contributed by atoms with E-state index in [0.29, 0.717) is 23.8 Å². The van der Waals surface area contributed by atoms with Gasteiger partial charge in [0, 0.05) is 25.4 Å². The Bertz CT molecular complexity index is 683. The van der Waals surface area contributed by atoms with Crippen LogP contribution in [0.25, 0.3) is 0 Å². The molecule has 3 rings (SSSR count). The maximum atomic E-state index is 12.1. The van der Waals surface area contributed by atoms with Crippen molar-refractivity contribution in [1.29, 1.82) is 0 Å². The Labute approximate surface area is 141 Å². The summed E-state index contributed by atoms with van der Waals surface area (Å²) < 4.78 is 5.34. The fourth-order valence-corrected chi connectivity index (χ4v) is 2.92. The number of nitrogens with one attached hydrogen (secondary N) is 1. The highest BCUT2D eigenvalue weighted by Crippen LogP contribution is 2.18. The lowest BCUT2D eigenvalue weighted by molar-refractivity contribution is 0.0947. The normalized spacial score (nSPS) is 18.0. The highest BCUT2D eigenvalue weighted by atomic mass is 16.5. The quantitative estimate of drug-likeness (QED) is 0.833. The van der Waals surface area contributed by atoms with Gasteiger partial charge in [-0.1, -0.05) is 12.1 Å². The van der Waals surface area contributed by atoms with Gasteiger partial charge in [-0.05, 0) is 37.4 Å². The maximum absolute atomic E-state index is 12.1. The number of anilines is 1. The number of amides is 1. The molecular formula is C17H23N5O2. The Morgan fingerprint density at radius 1 is 1.50 bits per heavy atom. The van der Waals surface area contributed by atoms with Crippen LogP contribution in [0, 0.1) is 5.92 Å². The van der Waals surface area contributed by atoms with Gasteiger partial charge >= 0.3 is 0 Å². The molecule has 1 aliphatic rings. The molecule has 0 radical (unpaired) electrons. The molecule has 7 nitrogen and oxygen atoms in total. The number of carbonyl (C=O) groups is 1. The van der Waals surface area contributed by atoms with E-state index >= 15 is 0 Å². The Hall–Kier alpha value is -2.41. The summed E-state index contributed by atoms with van der Waals surface area (Å²) in [7, 11) is 0. The van der Waals surface area contributed by atoms with Crippen LogP contribution < -0.4 is 11.1 Å². The van der Waals surface area contributed by atoms with Gasteiger partial charge in [0.15, 0.2) is 5.76 Å². The SMILES string of the molecule is CCc1cc(CN2CC[C@H](CNC(=O)c3ccc(N)nc3)C2)on1. The number of aryl methyl sites for hydroxylation is 1. The molecule has 0 aromatic carbocycles. The average molecular weight is 329 g/mol. The fraction of sp³-hybridized carbons (Fsp3) is 0.471. The Morgan fingerprint density at radius 2 is 2.38 bits per heavy atom. The summed E-state index contributed by atoms with van der Waals surface area (Å²) in [5.41, 5.74) is 7.05. The summed E-state index contributed by atoms with van der Waals surface area (Å²) in [6.07, 6.45) is 3.45. The largest absolute Gasteiger partial charge is 0.384 e. The summed E-state index contributed by atoms with van der Waals surface area (Å²) in [5.74, 6) is 1.66. The molecule has 0 bridgehead atoms. The van der Waals surface area contributed by atoms with Crippen molar-refractivity contribution in [3.05, 3.63) is 41.4 Å². The number of nitrogens with zero attached hydrogens (tertiary/aromatic N) is 3. The molecule has 1 aliphatic heterocycles. The smallest absolute Gasteiger partial charge is 0.252 e. The lowest BCUT2D eigenvalue weighted by Gasteiger charge is -2.14. The van der Waals surface area contributed by atoms with Crippen molar-refractivity contribution >= 4 is 11.7 Å². The monoisotopic (exact) mass is 329 g/mol.